The first-order chi connectivity index (χ1) is 9.14. The van der Waals surface area contributed by atoms with E-state index in [1.807, 2.05) is 6.07 Å². The van der Waals surface area contributed by atoms with Gasteiger partial charge in [-0.25, -0.2) is 4.39 Å². The number of halogens is 1. The normalized spacial score (nSPS) is 39.6. The van der Waals surface area contributed by atoms with E-state index in [1.165, 1.54) is 44.6 Å². The minimum Gasteiger partial charge on any atom is -0.369 e. The van der Waals surface area contributed by atoms with Gasteiger partial charge in [-0.1, -0.05) is 6.07 Å². The lowest BCUT2D eigenvalue weighted by Crippen LogP contribution is -2.59. The Balaban J connectivity index is 1.68. The highest BCUT2D eigenvalue weighted by Gasteiger charge is 2.52. The van der Waals surface area contributed by atoms with E-state index in [2.05, 4.69) is 18.0 Å². The Labute approximate surface area is 114 Å². The smallest absolute Gasteiger partial charge is 0.125 e. The minimum absolute atomic E-state index is 0.117. The van der Waals surface area contributed by atoms with Crippen LogP contribution in [0.5, 0.6) is 0 Å². The third-order valence-electron chi connectivity index (χ3n) is 5.91. The molecule has 0 spiro atoms. The summed E-state index contributed by atoms with van der Waals surface area (Å²) in [5.74, 6) is 2.68. The average Bonchev–Trinajstić information content (AvgIpc) is 2.36. The second-order valence-corrected chi connectivity index (χ2v) is 7.18. The topological polar surface area (TPSA) is 3.24 Å². The zero-order valence-corrected chi connectivity index (χ0v) is 11.6. The van der Waals surface area contributed by atoms with Crippen molar-refractivity contribution in [1.29, 1.82) is 0 Å². The van der Waals surface area contributed by atoms with Crippen LogP contribution in [0, 0.1) is 23.6 Å². The van der Waals surface area contributed by atoms with Gasteiger partial charge >= 0.3 is 0 Å². The van der Waals surface area contributed by atoms with E-state index < -0.39 is 0 Å². The van der Waals surface area contributed by atoms with Crippen molar-refractivity contribution in [2.75, 3.05) is 11.9 Å². The van der Waals surface area contributed by atoms with Crippen molar-refractivity contribution in [3.63, 3.8) is 0 Å². The molecule has 4 saturated carbocycles. The Kier molecular flexibility index (Phi) is 2.46. The average molecular weight is 259 g/mol. The number of hydrogen-bond acceptors (Lipinski definition) is 1. The van der Waals surface area contributed by atoms with Crippen molar-refractivity contribution in [3.05, 3.63) is 30.1 Å². The molecule has 19 heavy (non-hydrogen) atoms. The van der Waals surface area contributed by atoms with E-state index in [4.69, 9.17) is 0 Å². The number of rotatable bonds is 2. The Morgan fingerprint density at radius 2 is 1.63 bits per heavy atom. The van der Waals surface area contributed by atoms with Crippen molar-refractivity contribution >= 4 is 5.69 Å². The lowest BCUT2D eigenvalue weighted by atomic mass is 9.52. The first-order valence-corrected chi connectivity index (χ1v) is 7.64. The predicted molar refractivity (Wildman–Crippen MR) is 75.7 cm³/mol. The summed E-state index contributed by atoms with van der Waals surface area (Å²) < 4.78 is 13.5. The molecule has 0 heterocycles. The van der Waals surface area contributed by atoms with Gasteiger partial charge in [-0.3, -0.25) is 0 Å². The van der Waals surface area contributed by atoms with Gasteiger partial charge in [-0.05, 0) is 74.5 Å². The fourth-order valence-electron chi connectivity index (χ4n) is 5.43. The van der Waals surface area contributed by atoms with Crippen molar-refractivity contribution in [2.24, 2.45) is 17.8 Å². The first-order valence-electron chi connectivity index (χ1n) is 7.64. The zero-order valence-electron chi connectivity index (χ0n) is 11.6. The van der Waals surface area contributed by atoms with Crippen LogP contribution in [0.15, 0.2) is 24.3 Å². The highest BCUT2D eigenvalue weighted by atomic mass is 19.1. The van der Waals surface area contributed by atoms with Gasteiger partial charge in [-0.15, -0.1) is 0 Å². The quantitative estimate of drug-likeness (QED) is 0.768. The standard InChI is InChI=1S/C17H22FN/c1-19(16-4-2-3-15(18)8-16)17-9-12-5-13(10-17)7-14(6-12)11-17/h2-4,8,12-14H,5-7,9-11H2,1H3. The van der Waals surface area contributed by atoms with Crippen LogP contribution in [0.3, 0.4) is 0 Å². The minimum atomic E-state index is -0.117. The van der Waals surface area contributed by atoms with E-state index in [0.29, 0.717) is 5.54 Å². The molecule has 0 radical (unpaired) electrons. The maximum absolute atomic E-state index is 13.5. The van der Waals surface area contributed by atoms with Crippen molar-refractivity contribution in [3.8, 4) is 0 Å². The summed E-state index contributed by atoms with van der Waals surface area (Å²) in [6.07, 6.45) is 8.34. The van der Waals surface area contributed by atoms with Gasteiger partial charge in [-0.2, -0.15) is 0 Å². The summed E-state index contributed by atoms with van der Waals surface area (Å²) >= 11 is 0. The maximum atomic E-state index is 13.5. The summed E-state index contributed by atoms with van der Waals surface area (Å²) in [4.78, 5) is 2.40. The molecule has 1 aromatic carbocycles. The molecule has 0 aromatic heterocycles. The maximum Gasteiger partial charge on any atom is 0.125 e. The van der Waals surface area contributed by atoms with Crippen LogP contribution in [0.25, 0.3) is 0 Å². The molecule has 1 nitrogen and oxygen atoms in total. The van der Waals surface area contributed by atoms with Crippen LogP contribution in [0.4, 0.5) is 10.1 Å². The molecular formula is C17H22FN. The molecule has 0 saturated heterocycles. The molecular weight excluding hydrogens is 237 g/mol. The van der Waals surface area contributed by atoms with E-state index in [1.54, 1.807) is 6.07 Å². The van der Waals surface area contributed by atoms with Gasteiger partial charge in [0.15, 0.2) is 0 Å². The van der Waals surface area contributed by atoms with Gasteiger partial charge in [0.05, 0.1) is 0 Å². The van der Waals surface area contributed by atoms with Gasteiger partial charge in [0.2, 0.25) is 0 Å². The van der Waals surface area contributed by atoms with Gasteiger partial charge < -0.3 is 4.90 Å². The Morgan fingerprint density at radius 3 is 2.16 bits per heavy atom. The molecule has 1 aromatic rings. The second kappa shape index (κ2) is 3.97. The number of benzene rings is 1. The lowest BCUT2D eigenvalue weighted by molar-refractivity contribution is -0.00202. The SMILES string of the molecule is CN(c1cccc(F)c1)C12CC3CC(CC(C3)C1)C2. The Bertz CT molecular complexity index is 461. The summed E-state index contributed by atoms with van der Waals surface area (Å²) in [5.41, 5.74) is 1.38. The third kappa shape index (κ3) is 1.79. The highest BCUT2D eigenvalue weighted by Crippen LogP contribution is 2.58. The second-order valence-electron chi connectivity index (χ2n) is 7.18. The summed E-state index contributed by atoms with van der Waals surface area (Å²) in [5, 5.41) is 0. The molecule has 0 amide bonds. The number of hydrogen-bond donors (Lipinski definition) is 0. The molecule has 4 aliphatic carbocycles. The monoisotopic (exact) mass is 259 g/mol. The fourth-order valence-corrected chi connectivity index (χ4v) is 5.43. The van der Waals surface area contributed by atoms with Crippen molar-refractivity contribution in [1.82, 2.24) is 0 Å². The van der Waals surface area contributed by atoms with Crippen LogP contribution < -0.4 is 4.90 Å². The first kappa shape index (κ1) is 11.7. The van der Waals surface area contributed by atoms with Crippen LogP contribution in [0.2, 0.25) is 0 Å². The molecule has 0 unspecified atom stereocenters. The van der Waals surface area contributed by atoms with Crippen molar-refractivity contribution in [2.45, 2.75) is 44.1 Å². The molecule has 102 valence electrons. The van der Waals surface area contributed by atoms with E-state index in [0.717, 1.165) is 23.4 Å². The summed E-state index contributed by atoms with van der Waals surface area (Å²) in [6.45, 7) is 0. The molecule has 4 fully saturated rings. The lowest BCUT2D eigenvalue weighted by Gasteiger charge is -2.60. The third-order valence-corrected chi connectivity index (χ3v) is 5.91. The Hall–Kier alpha value is -1.05. The molecule has 0 atom stereocenters. The summed E-state index contributed by atoms with van der Waals surface area (Å²) in [7, 11) is 2.18. The zero-order chi connectivity index (χ0) is 13.0. The van der Waals surface area contributed by atoms with Crippen LogP contribution >= 0.6 is 0 Å². The molecule has 0 aliphatic heterocycles. The highest BCUT2D eigenvalue weighted by molar-refractivity contribution is 5.49. The molecule has 5 rings (SSSR count). The number of anilines is 1. The molecule has 4 aliphatic rings. The molecule has 2 heteroatoms. The van der Waals surface area contributed by atoms with E-state index in [9.17, 15) is 4.39 Å². The van der Waals surface area contributed by atoms with Crippen LogP contribution in [-0.4, -0.2) is 12.6 Å². The fraction of sp³-hybridized carbons (Fsp3) is 0.647. The van der Waals surface area contributed by atoms with Crippen LogP contribution in [0.1, 0.15) is 38.5 Å². The van der Waals surface area contributed by atoms with Crippen LogP contribution in [-0.2, 0) is 0 Å². The van der Waals surface area contributed by atoms with Gasteiger partial charge in [0.25, 0.3) is 0 Å². The van der Waals surface area contributed by atoms with E-state index >= 15 is 0 Å². The van der Waals surface area contributed by atoms with Crippen molar-refractivity contribution < 1.29 is 4.39 Å². The molecule has 0 N–H and O–H groups in total. The summed E-state index contributed by atoms with van der Waals surface area (Å²) in [6, 6.07) is 7.12. The number of nitrogens with zero attached hydrogens (tertiary/aromatic N) is 1. The predicted octanol–water partition coefficient (Wildman–Crippen LogP) is 4.23. The van der Waals surface area contributed by atoms with E-state index in [-0.39, 0.29) is 5.82 Å². The molecule has 4 bridgehead atoms. The van der Waals surface area contributed by atoms with Gasteiger partial charge in [0.1, 0.15) is 5.82 Å². The Morgan fingerprint density at radius 1 is 1.05 bits per heavy atom. The van der Waals surface area contributed by atoms with Gasteiger partial charge in [0, 0.05) is 18.3 Å². The largest absolute Gasteiger partial charge is 0.369 e.